The van der Waals surface area contributed by atoms with Crippen molar-refractivity contribution in [3.8, 4) is 39.8 Å². The Morgan fingerprint density at radius 3 is 2.30 bits per heavy atom. The fraction of sp³-hybridized carbons (Fsp3) is 0.200. The van der Waals surface area contributed by atoms with Crippen molar-refractivity contribution in [2.45, 2.75) is 32.6 Å². The van der Waals surface area contributed by atoms with Crippen LogP contribution in [0.25, 0.3) is 39.4 Å². The summed E-state index contributed by atoms with van der Waals surface area (Å²) < 4.78 is 15.2. The minimum Gasteiger partial charge on any atom is -0.494 e. The number of hydrogen-bond acceptors (Lipinski definition) is 7. The van der Waals surface area contributed by atoms with Gasteiger partial charge in [-0.2, -0.15) is 14.6 Å². The molecule has 0 saturated carbocycles. The second kappa shape index (κ2) is 13.5. The van der Waals surface area contributed by atoms with Crippen molar-refractivity contribution in [2.75, 3.05) is 13.2 Å². The normalized spacial score (nSPS) is 11.7. The smallest absolute Gasteiger partial charge is 0.291 e. The van der Waals surface area contributed by atoms with Crippen LogP contribution in [0.2, 0.25) is 0 Å². The Labute approximate surface area is 259 Å². The maximum Gasteiger partial charge on any atom is 0.291 e. The van der Waals surface area contributed by atoms with E-state index in [1.165, 1.54) is 35.1 Å². The van der Waals surface area contributed by atoms with Crippen LogP contribution in [0.5, 0.6) is 11.5 Å². The molecule has 0 aliphatic rings. The predicted octanol–water partition coefficient (Wildman–Crippen LogP) is 6.74. The van der Waals surface area contributed by atoms with E-state index in [0.29, 0.717) is 28.5 Å². The molecule has 0 aliphatic heterocycles. The van der Waals surface area contributed by atoms with Gasteiger partial charge in [-0.1, -0.05) is 68.4 Å². The number of thiazole rings is 1. The first-order valence-corrected chi connectivity index (χ1v) is 15.6. The van der Waals surface area contributed by atoms with Gasteiger partial charge in [0.15, 0.2) is 5.82 Å². The summed E-state index contributed by atoms with van der Waals surface area (Å²) in [7, 11) is 0. The third-order valence-electron chi connectivity index (χ3n) is 7.11. The van der Waals surface area contributed by atoms with Crippen LogP contribution in [0.3, 0.4) is 0 Å². The molecule has 0 N–H and O–H groups in total. The molecule has 0 radical (unpaired) electrons. The summed E-state index contributed by atoms with van der Waals surface area (Å²) in [5, 5.41) is 9.42. The highest BCUT2D eigenvalue weighted by Crippen LogP contribution is 2.27. The second-order valence-electron chi connectivity index (χ2n) is 10.3. The van der Waals surface area contributed by atoms with E-state index < -0.39 is 0 Å². The van der Waals surface area contributed by atoms with Gasteiger partial charge in [0.1, 0.15) is 23.8 Å². The predicted molar refractivity (Wildman–Crippen MR) is 176 cm³/mol. The Hall–Kier alpha value is -5.02. The molecule has 0 amide bonds. The molecule has 0 saturated heterocycles. The van der Waals surface area contributed by atoms with Gasteiger partial charge < -0.3 is 9.47 Å². The maximum atomic E-state index is 13.5. The summed E-state index contributed by atoms with van der Waals surface area (Å²) in [6.07, 6.45) is 10.2. The lowest BCUT2D eigenvalue weighted by molar-refractivity contribution is 0.305. The minimum atomic E-state index is -0.220. The summed E-state index contributed by atoms with van der Waals surface area (Å²) in [6.45, 7) is 7.04. The summed E-state index contributed by atoms with van der Waals surface area (Å²) >= 11 is 1.31. The summed E-state index contributed by atoms with van der Waals surface area (Å²) in [6, 6.07) is 25.3. The van der Waals surface area contributed by atoms with Crippen LogP contribution < -0.4 is 19.6 Å². The molecule has 0 atom stereocenters. The number of benzene rings is 3. The summed E-state index contributed by atoms with van der Waals surface area (Å²) in [5.41, 5.74) is 3.98. The third kappa shape index (κ3) is 6.48. The van der Waals surface area contributed by atoms with Crippen LogP contribution in [-0.2, 0) is 0 Å². The van der Waals surface area contributed by atoms with Crippen LogP contribution in [0.15, 0.2) is 103 Å². The first kappa shape index (κ1) is 29.1. The molecule has 3 aromatic heterocycles. The van der Waals surface area contributed by atoms with Gasteiger partial charge in [0, 0.05) is 22.9 Å². The van der Waals surface area contributed by atoms with Crippen molar-refractivity contribution in [1.29, 1.82) is 0 Å². The maximum absolute atomic E-state index is 13.5. The van der Waals surface area contributed by atoms with Crippen LogP contribution >= 0.6 is 11.3 Å². The Morgan fingerprint density at radius 2 is 1.59 bits per heavy atom. The molecule has 0 fully saturated rings. The fourth-order valence-corrected chi connectivity index (χ4v) is 5.71. The van der Waals surface area contributed by atoms with Crippen molar-refractivity contribution in [1.82, 2.24) is 24.4 Å². The highest BCUT2D eigenvalue weighted by Gasteiger charge is 2.15. The molecule has 0 bridgehead atoms. The Morgan fingerprint density at radius 1 is 0.864 bits per heavy atom. The molecule has 3 aromatic carbocycles. The minimum absolute atomic E-state index is 0.220. The van der Waals surface area contributed by atoms with Crippen LogP contribution in [0, 0.1) is 0 Å². The number of para-hydroxylation sites is 1. The molecule has 9 heteroatoms. The number of ether oxygens (including phenoxy) is 2. The summed E-state index contributed by atoms with van der Waals surface area (Å²) in [4.78, 5) is 18.7. The molecular formula is C35H33N5O3S. The van der Waals surface area contributed by atoms with Crippen LogP contribution in [-0.4, -0.2) is 37.6 Å². The third-order valence-corrected chi connectivity index (χ3v) is 8.07. The average Bonchev–Trinajstić information content (AvgIpc) is 3.76. The van der Waals surface area contributed by atoms with E-state index >= 15 is 0 Å². The number of fused-ring (bicyclic) bond motifs is 1. The SMILES string of the molecule is C=CCOc1ccc(-c2nn(-c3ccccc3)cc2/C=c2/sc3nc(-c4ccc(OCCCCCC)cc4)nn3c2=O)cc1. The lowest BCUT2D eigenvalue weighted by Crippen LogP contribution is -2.23. The van der Waals surface area contributed by atoms with E-state index in [1.807, 2.05) is 95.8 Å². The molecule has 0 spiro atoms. The quantitative estimate of drug-likeness (QED) is 0.107. The standard InChI is InChI=1S/C35H33N5O3S/c1-3-5-6-10-22-43-30-19-15-26(16-20-30)33-36-35-40(38-33)34(41)31(44-35)23-27-24-39(28-11-8-7-9-12-28)37-32(27)25-13-17-29(18-14-25)42-21-4-2/h4,7-9,11-20,23-24H,2-3,5-6,10,21-22H2,1H3/b31-23+. The van der Waals surface area contributed by atoms with Crippen LogP contribution in [0.1, 0.15) is 38.2 Å². The van der Waals surface area contributed by atoms with E-state index in [0.717, 1.165) is 46.0 Å². The van der Waals surface area contributed by atoms with Gasteiger partial charge in [-0.05, 0) is 73.2 Å². The molecule has 44 heavy (non-hydrogen) atoms. The monoisotopic (exact) mass is 603 g/mol. The van der Waals surface area contributed by atoms with E-state index in [2.05, 4.69) is 23.6 Å². The lowest BCUT2D eigenvalue weighted by atomic mass is 10.1. The lowest BCUT2D eigenvalue weighted by Gasteiger charge is -2.06. The van der Waals surface area contributed by atoms with Crippen LogP contribution in [0.4, 0.5) is 0 Å². The van der Waals surface area contributed by atoms with E-state index in [-0.39, 0.29) is 5.56 Å². The number of rotatable bonds is 13. The molecule has 222 valence electrons. The molecule has 0 aliphatic carbocycles. The zero-order valence-electron chi connectivity index (χ0n) is 24.6. The largest absolute Gasteiger partial charge is 0.494 e. The average molecular weight is 604 g/mol. The van der Waals surface area contributed by atoms with Crippen molar-refractivity contribution < 1.29 is 9.47 Å². The van der Waals surface area contributed by atoms with Gasteiger partial charge in [-0.3, -0.25) is 4.79 Å². The molecule has 6 rings (SSSR count). The highest BCUT2D eigenvalue weighted by atomic mass is 32.1. The number of aromatic nitrogens is 5. The zero-order valence-corrected chi connectivity index (χ0v) is 25.4. The Kier molecular flexibility index (Phi) is 8.93. The van der Waals surface area contributed by atoms with Crippen molar-refractivity contribution >= 4 is 22.4 Å². The van der Waals surface area contributed by atoms with Gasteiger partial charge in [0.2, 0.25) is 4.96 Å². The van der Waals surface area contributed by atoms with Gasteiger partial charge >= 0.3 is 0 Å². The molecule has 3 heterocycles. The van der Waals surface area contributed by atoms with E-state index in [1.54, 1.807) is 6.08 Å². The van der Waals surface area contributed by atoms with Gasteiger partial charge in [0.25, 0.3) is 5.56 Å². The topological polar surface area (TPSA) is 83.5 Å². The zero-order chi connectivity index (χ0) is 30.3. The van der Waals surface area contributed by atoms with Crippen molar-refractivity contribution in [3.63, 3.8) is 0 Å². The Bertz CT molecular complexity index is 1960. The van der Waals surface area contributed by atoms with E-state index in [4.69, 9.17) is 14.6 Å². The van der Waals surface area contributed by atoms with Gasteiger partial charge in [-0.25, -0.2) is 4.68 Å². The van der Waals surface area contributed by atoms with Crippen molar-refractivity contribution in [2.24, 2.45) is 0 Å². The van der Waals surface area contributed by atoms with Crippen molar-refractivity contribution in [3.05, 3.63) is 118 Å². The molecule has 6 aromatic rings. The first-order valence-electron chi connectivity index (χ1n) is 14.8. The number of unbranched alkanes of at least 4 members (excludes halogenated alkanes) is 3. The molecule has 8 nitrogen and oxygen atoms in total. The fourth-order valence-electron chi connectivity index (χ4n) is 4.81. The highest BCUT2D eigenvalue weighted by molar-refractivity contribution is 7.15. The van der Waals surface area contributed by atoms with Gasteiger partial charge in [-0.15, -0.1) is 5.10 Å². The first-order chi connectivity index (χ1) is 21.6. The molecule has 0 unspecified atom stereocenters. The van der Waals surface area contributed by atoms with E-state index in [9.17, 15) is 4.79 Å². The second-order valence-corrected chi connectivity index (χ2v) is 11.3. The number of nitrogens with zero attached hydrogens (tertiary/aromatic N) is 5. The van der Waals surface area contributed by atoms with Gasteiger partial charge in [0.05, 0.1) is 16.8 Å². The summed E-state index contributed by atoms with van der Waals surface area (Å²) in [5.74, 6) is 2.07. The number of hydrogen-bond donors (Lipinski definition) is 0. The molecular weight excluding hydrogens is 570 g/mol. The Balaban J connectivity index is 1.29.